The number of hydrogen-bond donors (Lipinski definition) is 1. The summed E-state index contributed by atoms with van der Waals surface area (Å²) >= 11 is 0. The third-order valence-electron chi connectivity index (χ3n) is 4.11. The molecule has 128 valence electrons. The lowest BCUT2D eigenvalue weighted by atomic mass is 10.0. The highest BCUT2D eigenvalue weighted by Gasteiger charge is 2.19. The number of anilines is 1. The summed E-state index contributed by atoms with van der Waals surface area (Å²) < 4.78 is 0. The standard InChI is InChI=1S/C17H29N5O/c1-13-7-5-10-22(12-13)16-11-15(19-14(2)20-16)17(23)18-8-6-9-21(3)4/h11,13H,5-10,12H2,1-4H3,(H,18,23). The molecule has 1 unspecified atom stereocenters. The van der Waals surface area contributed by atoms with Crippen molar-refractivity contribution >= 4 is 11.7 Å². The van der Waals surface area contributed by atoms with Crippen LogP contribution in [0.25, 0.3) is 0 Å². The van der Waals surface area contributed by atoms with Crippen LogP contribution in [0.2, 0.25) is 0 Å². The molecule has 1 fully saturated rings. The molecule has 0 aromatic carbocycles. The second kappa shape index (κ2) is 8.24. The van der Waals surface area contributed by atoms with E-state index < -0.39 is 0 Å². The number of nitrogens with zero attached hydrogens (tertiary/aromatic N) is 4. The van der Waals surface area contributed by atoms with Crippen molar-refractivity contribution in [1.82, 2.24) is 20.2 Å². The fourth-order valence-corrected chi connectivity index (χ4v) is 2.92. The first-order valence-corrected chi connectivity index (χ1v) is 8.49. The van der Waals surface area contributed by atoms with E-state index in [1.165, 1.54) is 12.8 Å². The van der Waals surface area contributed by atoms with Crippen LogP contribution in [0.1, 0.15) is 42.5 Å². The molecule has 0 saturated carbocycles. The first-order valence-electron chi connectivity index (χ1n) is 8.49. The molecule has 0 radical (unpaired) electrons. The number of hydrogen-bond acceptors (Lipinski definition) is 5. The molecule has 6 heteroatoms. The van der Waals surface area contributed by atoms with Crippen LogP contribution in [0.4, 0.5) is 5.82 Å². The molecule has 23 heavy (non-hydrogen) atoms. The van der Waals surface area contributed by atoms with Crippen LogP contribution < -0.4 is 10.2 Å². The average molecular weight is 319 g/mol. The quantitative estimate of drug-likeness (QED) is 0.809. The van der Waals surface area contributed by atoms with E-state index in [-0.39, 0.29) is 5.91 Å². The van der Waals surface area contributed by atoms with Crippen molar-refractivity contribution in [2.45, 2.75) is 33.1 Å². The van der Waals surface area contributed by atoms with Crippen LogP contribution in [-0.2, 0) is 0 Å². The topological polar surface area (TPSA) is 61.4 Å². The van der Waals surface area contributed by atoms with E-state index >= 15 is 0 Å². The first kappa shape index (κ1) is 17.7. The monoisotopic (exact) mass is 319 g/mol. The van der Waals surface area contributed by atoms with Gasteiger partial charge in [-0.05, 0) is 52.7 Å². The SMILES string of the molecule is Cc1nc(C(=O)NCCCN(C)C)cc(N2CCCC(C)C2)n1. The van der Waals surface area contributed by atoms with Gasteiger partial charge in [0.2, 0.25) is 0 Å². The fraction of sp³-hybridized carbons (Fsp3) is 0.706. The largest absolute Gasteiger partial charge is 0.356 e. The molecular formula is C17H29N5O. The molecule has 1 aliphatic rings. The molecule has 0 aliphatic carbocycles. The van der Waals surface area contributed by atoms with E-state index in [0.717, 1.165) is 31.9 Å². The second-order valence-corrected chi connectivity index (χ2v) is 6.76. The highest BCUT2D eigenvalue weighted by molar-refractivity contribution is 5.92. The zero-order valence-corrected chi connectivity index (χ0v) is 14.8. The molecule has 0 bridgehead atoms. The van der Waals surface area contributed by atoms with Crippen molar-refractivity contribution in [3.8, 4) is 0 Å². The van der Waals surface area contributed by atoms with Gasteiger partial charge in [0.15, 0.2) is 0 Å². The van der Waals surface area contributed by atoms with E-state index in [0.29, 0.717) is 24.0 Å². The van der Waals surface area contributed by atoms with E-state index in [1.807, 2.05) is 27.1 Å². The normalized spacial score (nSPS) is 18.3. The summed E-state index contributed by atoms with van der Waals surface area (Å²) in [6.45, 7) is 7.74. The van der Waals surface area contributed by atoms with Gasteiger partial charge in [0.1, 0.15) is 17.3 Å². The minimum atomic E-state index is -0.111. The number of carbonyl (C=O) groups is 1. The molecule has 1 aromatic heterocycles. The number of aryl methyl sites for hydroxylation is 1. The smallest absolute Gasteiger partial charge is 0.270 e. The van der Waals surface area contributed by atoms with Gasteiger partial charge in [-0.2, -0.15) is 0 Å². The number of carbonyl (C=O) groups excluding carboxylic acids is 1. The van der Waals surface area contributed by atoms with Crippen LogP contribution in [0.15, 0.2) is 6.07 Å². The van der Waals surface area contributed by atoms with E-state index in [2.05, 4.69) is 32.0 Å². The third-order valence-corrected chi connectivity index (χ3v) is 4.11. The van der Waals surface area contributed by atoms with Crippen LogP contribution in [0.5, 0.6) is 0 Å². The van der Waals surface area contributed by atoms with Crippen LogP contribution in [-0.4, -0.2) is 61.0 Å². The van der Waals surface area contributed by atoms with Gasteiger partial charge in [0.25, 0.3) is 5.91 Å². The van der Waals surface area contributed by atoms with E-state index in [9.17, 15) is 4.79 Å². The van der Waals surface area contributed by atoms with E-state index in [4.69, 9.17) is 0 Å². The summed E-state index contributed by atoms with van der Waals surface area (Å²) in [4.78, 5) is 25.5. The first-order chi connectivity index (χ1) is 11.0. The van der Waals surface area contributed by atoms with Gasteiger partial charge in [0, 0.05) is 25.7 Å². The molecule has 1 N–H and O–H groups in total. The molecule has 1 atom stereocenters. The second-order valence-electron chi connectivity index (χ2n) is 6.76. The Balaban J connectivity index is 2.00. The van der Waals surface area contributed by atoms with Crippen LogP contribution in [0.3, 0.4) is 0 Å². The highest BCUT2D eigenvalue weighted by atomic mass is 16.1. The van der Waals surface area contributed by atoms with Crippen molar-refractivity contribution in [1.29, 1.82) is 0 Å². The Morgan fingerprint density at radius 1 is 1.43 bits per heavy atom. The molecular weight excluding hydrogens is 290 g/mol. The van der Waals surface area contributed by atoms with Gasteiger partial charge in [-0.15, -0.1) is 0 Å². The maximum Gasteiger partial charge on any atom is 0.270 e. The Morgan fingerprint density at radius 2 is 2.22 bits per heavy atom. The van der Waals surface area contributed by atoms with Crippen molar-refractivity contribution in [3.05, 3.63) is 17.6 Å². The zero-order valence-electron chi connectivity index (χ0n) is 14.8. The lowest BCUT2D eigenvalue weighted by molar-refractivity contribution is 0.0947. The maximum absolute atomic E-state index is 12.3. The van der Waals surface area contributed by atoms with Gasteiger partial charge in [0.05, 0.1) is 0 Å². The fourth-order valence-electron chi connectivity index (χ4n) is 2.92. The minimum Gasteiger partial charge on any atom is -0.356 e. The Hall–Kier alpha value is -1.69. The average Bonchev–Trinajstić information content (AvgIpc) is 2.50. The number of amides is 1. The number of aromatic nitrogens is 2. The number of piperidine rings is 1. The van der Waals surface area contributed by atoms with Crippen molar-refractivity contribution in [2.75, 3.05) is 45.2 Å². The van der Waals surface area contributed by atoms with Gasteiger partial charge < -0.3 is 15.1 Å². The predicted molar refractivity (Wildman–Crippen MR) is 92.9 cm³/mol. The minimum absolute atomic E-state index is 0.111. The van der Waals surface area contributed by atoms with E-state index in [1.54, 1.807) is 0 Å². The summed E-state index contributed by atoms with van der Waals surface area (Å²) in [5.74, 6) is 2.09. The van der Waals surface area contributed by atoms with Crippen molar-refractivity contribution < 1.29 is 4.79 Å². The van der Waals surface area contributed by atoms with Crippen molar-refractivity contribution in [3.63, 3.8) is 0 Å². The highest BCUT2D eigenvalue weighted by Crippen LogP contribution is 2.21. The molecule has 2 rings (SSSR count). The third kappa shape index (κ3) is 5.46. The van der Waals surface area contributed by atoms with Gasteiger partial charge >= 0.3 is 0 Å². The lowest BCUT2D eigenvalue weighted by Crippen LogP contribution is -2.35. The molecule has 1 aromatic rings. The Bertz CT molecular complexity index is 532. The molecule has 0 spiro atoms. The van der Waals surface area contributed by atoms with Gasteiger partial charge in [-0.3, -0.25) is 4.79 Å². The summed E-state index contributed by atoms with van der Waals surface area (Å²) in [7, 11) is 4.06. The number of nitrogens with one attached hydrogen (secondary N) is 1. The zero-order chi connectivity index (χ0) is 16.8. The molecule has 1 amide bonds. The Morgan fingerprint density at radius 3 is 2.91 bits per heavy atom. The van der Waals surface area contributed by atoms with Crippen LogP contribution in [0, 0.1) is 12.8 Å². The molecule has 6 nitrogen and oxygen atoms in total. The van der Waals surface area contributed by atoms with Crippen LogP contribution >= 0.6 is 0 Å². The predicted octanol–water partition coefficient (Wildman–Crippen LogP) is 1.70. The molecule has 2 heterocycles. The maximum atomic E-state index is 12.3. The summed E-state index contributed by atoms with van der Waals surface area (Å²) in [5.41, 5.74) is 0.468. The molecule has 1 saturated heterocycles. The summed E-state index contributed by atoms with van der Waals surface area (Å²) in [6, 6.07) is 1.83. The Labute approximate surface area is 139 Å². The van der Waals surface area contributed by atoms with Gasteiger partial charge in [-0.1, -0.05) is 6.92 Å². The summed E-state index contributed by atoms with van der Waals surface area (Å²) in [6.07, 6.45) is 3.37. The number of rotatable bonds is 6. The van der Waals surface area contributed by atoms with Gasteiger partial charge in [-0.25, -0.2) is 9.97 Å². The molecule has 1 aliphatic heterocycles. The summed E-state index contributed by atoms with van der Waals surface area (Å²) in [5, 5.41) is 2.95. The van der Waals surface area contributed by atoms with Crippen molar-refractivity contribution in [2.24, 2.45) is 5.92 Å². The Kier molecular flexibility index (Phi) is 6.33. The lowest BCUT2D eigenvalue weighted by Gasteiger charge is -2.32.